The maximum atomic E-state index is 12.2. The number of unbranched alkanes of at least 4 members (excludes halogenated alkanes) is 1. The number of benzene rings is 2. The molecule has 0 saturated carbocycles. The van der Waals surface area contributed by atoms with Crippen molar-refractivity contribution < 1.29 is 9.53 Å². The smallest absolute Gasteiger partial charge is 0.328 e. The van der Waals surface area contributed by atoms with Gasteiger partial charge in [0.15, 0.2) is 4.96 Å². The van der Waals surface area contributed by atoms with Crippen LogP contribution in [-0.2, 0) is 4.79 Å². The number of nitrogens with two attached hydrogens (primary N) is 2. The SMILES string of the molecule is NCCCC[C@H](N)C(=O)Oc1cccc(-c2cn3c(n2)sc2ccccc23)c1. The van der Waals surface area contributed by atoms with Crippen molar-refractivity contribution in [1.82, 2.24) is 9.38 Å². The van der Waals surface area contributed by atoms with Crippen LogP contribution >= 0.6 is 11.3 Å². The first-order valence-electron chi connectivity index (χ1n) is 9.30. The van der Waals surface area contributed by atoms with Crippen LogP contribution in [0.5, 0.6) is 5.75 Å². The maximum Gasteiger partial charge on any atom is 0.328 e. The standard InChI is InChI=1S/C21H22N4O2S/c22-11-4-3-8-16(23)20(26)27-15-7-5-6-14(12-15)17-13-25-18-9-1-2-10-19(18)28-21(25)24-17/h1-2,5-7,9-10,12-13,16H,3-4,8,11,22-23H2/t16-/m0/s1. The first kappa shape index (κ1) is 18.6. The Bertz CT molecular complexity index is 1120. The van der Waals surface area contributed by atoms with Gasteiger partial charge in [0, 0.05) is 11.8 Å². The van der Waals surface area contributed by atoms with Crippen molar-refractivity contribution in [2.45, 2.75) is 25.3 Å². The molecule has 4 rings (SSSR count). The number of carbonyl (C=O) groups excluding carboxylic acids is 1. The predicted molar refractivity (Wildman–Crippen MR) is 113 cm³/mol. The van der Waals surface area contributed by atoms with Gasteiger partial charge in [0.1, 0.15) is 11.8 Å². The summed E-state index contributed by atoms with van der Waals surface area (Å²) in [6.07, 6.45) is 4.24. The average molecular weight is 395 g/mol. The lowest BCUT2D eigenvalue weighted by atomic mass is 10.1. The van der Waals surface area contributed by atoms with E-state index < -0.39 is 12.0 Å². The fourth-order valence-corrected chi connectivity index (χ4v) is 4.13. The number of carbonyl (C=O) groups is 1. The van der Waals surface area contributed by atoms with Crippen LogP contribution in [0.15, 0.2) is 54.7 Å². The third kappa shape index (κ3) is 3.77. The van der Waals surface area contributed by atoms with E-state index in [1.54, 1.807) is 17.4 Å². The zero-order valence-electron chi connectivity index (χ0n) is 15.4. The Balaban J connectivity index is 1.53. The molecule has 0 aliphatic heterocycles. The van der Waals surface area contributed by atoms with Crippen LogP contribution in [0.2, 0.25) is 0 Å². The summed E-state index contributed by atoms with van der Waals surface area (Å²) in [5, 5.41) is 0. The van der Waals surface area contributed by atoms with Crippen molar-refractivity contribution in [2.24, 2.45) is 11.5 Å². The van der Waals surface area contributed by atoms with E-state index in [1.807, 2.05) is 36.5 Å². The highest BCUT2D eigenvalue weighted by molar-refractivity contribution is 7.23. The normalized spacial score (nSPS) is 12.5. The summed E-state index contributed by atoms with van der Waals surface area (Å²) >= 11 is 1.65. The lowest BCUT2D eigenvalue weighted by molar-refractivity contribution is -0.136. The highest BCUT2D eigenvalue weighted by atomic mass is 32.1. The quantitative estimate of drug-likeness (QED) is 0.284. The molecule has 0 fully saturated rings. The molecule has 4 aromatic rings. The summed E-state index contributed by atoms with van der Waals surface area (Å²) in [4.78, 5) is 17.9. The number of hydrogen-bond acceptors (Lipinski definition) is 6. The van der Waals surface area contributed by atoms with Gasteiger partial charge in [-0.05, 0) is 43.7 Å². The van der Waals surface area contributed by atoms with E-state index in [0.29, 0.717) is 18.7 Å². The second-order valence-corrected chi connectivity index (χ2v) is 7.70. The van der Waals surface area contributed by atoms with E-state index in [-0.39, 0.29) is 0 Å². The van der Waals surface area contributed by atoms with Crippen molar-refractivity contribution in [3.05, 3.63) is 54.7 Å². The summed E-state index contributed by atoms with van der Waals surface area (Å²) in [5.41, 5.74) is 14.2. The molecule has 0 aliphatic rings. The molecule has 2 aromatic heterocycles. The molecule has 0 amide bonds. The van der Waals surface area contributed by atoms with Crippen LogP contribution in [0.1, 0.15) is 19.3 Å². The Morgan fingerprint density at radius 1 is 1.18 bits per heavy atom. The summed E-state index contributed by atoms with van der Waals surface area (Å²) in [6, 6.07) is 14.9. The summed E-state index contributed by atoms with van der Waals surface area (Å²) in [5.74, 6) is 0.0453. The molecule has 0 saturated heterocycles. The van der Waals surface area contributed by atoms with Gasteiger partial charge in [0.25, 0.3) is 0 Å². The summed E-state index contributed by atoms with van der Waals surface area (Å²) < 4.78 is 8.75. The van der Waals surface area contributed by atoms with Gasteiger partial charge >= 0.3 is 5.97 Å². The fraction of sp³-hybridized carbons (Fsp3) is 0.238. The number of ether oxygens (including phenoxy) is 1. The number of thiazole rings is 1. The first-order valence-corrected chi connectivity index (χ1v) is 10.1. The number of rotatable bonds is 7. The zero-order chi connectivity index (χ0) is 19.5. The molecular weight excluding hydrogens is 372 g/mol. The van der Waals surface area contributed by atoms with Gasteiger partial charge in [-0.25, -0.2) is 9.78 Å². The van der Waals surface area contributed by atoms with Gasteiger partial charge in [-0.1, -0.05) is 42.0 Å². The molecule has 0 spiro atoms. The molecule has 0 bridgehead atoms. The Morgan fingerprint density at radius 2 is 2.04 bits per heavy atom. The van der Waals surface area contributed by atoms with E-state index >= 15 is 0 Å². The third-order valence-electron chi connectivity index (χ3n) is 4.62. The lowest BCUT2D eigenvalue weighted by Gasteiger charge is -2.11. The van der Waals surface area contributed by atoms with Gasteiger partial charge < -0.3 is 16.2 Å². The second kappa shape index (κ2) is 8.10. The second-order valence-electron chi connectivity index (χ2n) is 6.69. The molecule has 144 valence electrons. The number of imidazole rings is 1. The monoisotopic (exact) mass is 394 g/mol. The highest BCUT2D eigenvalue weighted by Gasteiger charge is 2.16. The molecule has 0 radical (unpaired) electrons. The van der Waals surface area contributed by atoms with Crippen molar-refractivity contribution >= 4 is 32.5 Å². The van der Waals surface area contributed by atoms with Crippen molar-refractivity contribution in [3.63, 3.8) is 0 Å². The topological polar surface area (TPSA) is 95.6 Å². The number of para-hydroxylation sites is 1. The van der Waals surface area contributed by atoms with Gasteiger partial charge in [-0.3, -0.25) is 4.40 Å². The molecule has 7 heteroatoms. The minimum atomic E-state index is -0.639. The van der Waals surface area contributed by atoms with Gasteiger partial charge in [-0.15, -0.1) is 0 Å². The predicted octanol–water partition coefficient (Wildman–Crippen LogP) is 3.58. The zero-order valence-corrected chi connectivity index (χ0v) is 16.2. The molecular formula is C21H22N4O2S. The van der Waals surface area contributed by atoms with Crippen LogP contribution < -0.4 is 16.2 Å². The van der Waals surface area contributed by atoms with Crippen LogP contribution in [0.25, 0.3) is 26.4 Å². The number of nitrogens with zero attached hydrogens (tertiary/aromatic N) is 2. The van der Waals surface area contributed by atoms with Crippen LogP contribution in [0.4, 0.5) is 0 Å². The molecule has 28 heavy (non-hydrogen) atoms. The van der Waals surface area contributed by atoms with Crippen LogP contribution in [-0.4, -0.2) is 27.9 Å². The summed E-state index contributed by atoms with van der Waals surface area (Å²) in [7, 11) is 0. The minimum Gasteiger partial charge on any atom is -0.425 e. The fourth-order valence-electron chi connectivity index (χ4n) is 3.12. The average Bonchev–Trinajstić information content (AvgIpc) is 3.26. The number of fused-ring (bicyclic) bond motifs is 3. The molecule has 2 aromatic carbocycles. The third-order valence-corrected chi connectivity index (χ3v) is 5.66. The van der Waals surface area contributed by atoms with Gasteiger partial charge in [0.05, 0.1) is 15.9 Å². The lowest BCUT2D eigenvalue weighted by Crippen LogP contribution is -2.34. The molecule has 6 nitrogen and oxygen atoms in total. The Labute approximate surface area is 166 Å². The Kier molecular flexibility index (Phi) is 5.38. The Morgan fingerprint density at radius 3 is 2.89 bits per heavy atom. The Hall–Kier alpha value is -2.74. The van der Waals surface area contributed by atoms with E-state index in [0.717, 1.165) is 34.6 Å². The van der Waals surface area contributed by atoms with E-state index in [4.69, 9.17) is 21.2 Å². The molecule has 1 atom stereocenters. The number of esters is 1. The highest BCUT2D eigenvalue weighted by Crippen LogP contribution is 2.30. The largest absolute Gasteiger partial charge is 0.425 e. The van der Waals surface area contributed by atoms with Crippen molar-refractivity contribution in [1.29, 1.82) is 0 Å². The minimum absolute atomic E-state index is 0.425. The number of aromatic nitrogens is 2. The molecule has 4 N–H and O–H groups in total. The summed E-state index contributed by atoms with van der Waals surface area (Å²) in [6.45, 7) is 0.598. The van der Waals surface area contributed by atoms with Crippen LogP contribution in [0.3, 0.4) is 0 Å². The van der Waals surface area contributed by atoms with Gasteiger partial charge in [0.2, 0.25) is 0 Å². The molecule has 2 heterocycles. The molecule has 0 aliphatic carbocycles. The van der Waals surface area contributed by atoms with E-state index in [1.165, 1.54) is 4.70 Å². The van der Waals surface area contributed by atoms with Crippen LogP contribution in [0, 0.1) is 0 Å². The van der Waals surface area contributed by atoms with Gasteiger partial charge in [-0.2, -0.15) is 0 Å². The van der Waals surface area contributed by atoms with Crippen molar-refractivity contribution in [2.75, 3.05) is 6.54 Å². The maximum absolute atomic E-state index is 12.2. The van der Waals surface area contributed by atoms with Crippen molar-refractivity contribution in [3.8, 4) is 17.0 Å². The molecule has 0 unspecified atom stereocenters. The first-order chi connectivity index (χ1) is 13.7. The number of hydrogen-bond donors (Lipinski definition) is 2. The van der Waals surface area contributed by atoms with E-state index in [9.17, 15) is 4.79 Å². The van der Waals surface area contributed by atoms with E-state index in [2.05, 4.69) is 16.5 Å².